The van der Waals surface area contributed by atoms with Crippen molar-refractivity contribution in [2.45, 2.75) is 0 Å². The molecule has 0 aliphatic carbocycles. The molecule has 0 radical (unpaired) electrons. The zero-order chi connectivity index (χ0) is 14.7. The third kappa shape index (κ3) is 2.90. The summed E-state index contributed by atoms with van der Waals surface area (Å²) in [6.07, 6.45) is 3.26. The molecular formula is C19H13FO. The maximum atomic E-state index is 13.1. The SMILES string of the molecule is O=C(C=Cc1cccc2ccccc12)c1cccc(F)c1. The molecular weight excluding hydrogens is 263 g/mol. The number of carbonyl (C=O) groups excluding carboxylic acids is 1. The number of carbonyl (C=O) groups is 1. The van der Waals surface area contributed by atoms with Crippen LogP contribution in [0.4, 0.5) is 4.39 Å². The predicted molar refractivity (Wildman–Crippen MR) is 83.7 cm³/mol. The third-order valence-corrected chi connectivity index (χ3v) is 3.35. The Hall–Kier alpha value is -2.74. The van der Waals surface area contributed by atoms with Gasteiger partial charge < -0.3 is 0 Å². The first kappa shape index (κ1) is 13.3. The molecule has 3 aromatic carbocycles. The van der Waals surface area contributed by atoms with Crippen LogP contribution in [0, 0.1) is 5.82 Å². The van der Waals surface area contributed by atoms with Crippen LogP contribution < -0.4 is 0 Å². The average Bonchev–Trinajstić information content (AvgIpc) is 2.52. The van der Waals surface area contributed by atoms with Crippen LogP contribution in [-0.2, 0) is 0 Å². The highest BCUT2D eigenvalue weighted by Crippen LogP contribution is 2.19. The van der Waals surface area contributed by atoms with E-state index in [0.29, 0.717) is 5.56 Å². The van der Waals surface area contributed by atoms with Crippen molar-refractivity contribution in [1.82, 2.24) is 0 Å². The maximum Gasteiger partial charge on any atom is 0.185 e. The number of halogens is 1. The molecule has 0 spiro atoms. The van der Waals surface area contributed by atoms with Gasteiger partial charge in [-0.3, -0.25) is 4.79 Å². The van der Waals surface area contributed by atoms with Gasteiger partial charge in [0.25, 0.3) is 0 Å². The van der Waals surface area contributed by atoms with Gasteiger partial charge in [0.15, 0.2) is 5.78 Å². The molecule has 0 N–H and O–H groups in total. The summed E-state index contributed by atoms with van der Waals surface area (Å²) in [4.78, 5) is 12.1. The summed E-state index contributed by atoms with van der Waals surface area (Å²) in [5.41, 5.74) is 1.32. The van der Waals surface area contributed by atoms with E-state index in [2.05, 4.69) is 0 Å². The van der Waals surface area contributed by atoms with E-state index in [9.17, 15) is 9.18 Å². The fourth-order valence-corrected chi connectivity index (χ4v) is 2.30. The molecule has 0 aliphatic rings. The lowest BCUT2D eigenvalue weighted by molar-refractivity contribution is 0.104. The van der Waals surface area contributed by atoms with Crippen molar-refractivity contribution in [3.8, 4) is 0 Å². The van der Waals surface area contributed by atoms with Crippen molar-refractivity contribution < 1.29 is 9.18 Å². The molecule has 0 saturated heterocycles. The van der Waals surface area contributed by atoms with Gasteiger partial charge in [0, 0.05) is 5.56 Å². The maximum absolute atomic E-state index is 13.1. The second kappa shape index (κ2) is 5.71. The minimum Gasteiger partial charge on any atom is -0.289 e. The van der Waals surface area contributed by atoms with Gasteiger partial charge in [-0.25, -0.2) is 4.39 Å². The van der Waals surface area contributed by atoms with Gasteiger partial charge in [0.05, 0.1) is 0 Å². The first-order valence-electron chi connectivity index (χ1n) is 6.70. The number of fused-ring (bicyclic) bond motifs is 1. The van der Waals surface area contributed by atoms with Crippen molar-refractivity contribution in [1.29, 1.82) is 0 Å². The van der Waals surface area contributed by atoms with E-state index in [1.165, 1.54) is 24.3 Å². The number of rotatable bonds is 3. The molecule has 0 unspecified atom stereocenters. The predicted octanol–water partition coefficient (Wildman–Crippen LogP) is 4.88. The van der Waals surface area contributed by atoms with E-state index in [0.717, 1.165) is 16.3 Å². The molecule has 21 heavy (non-hydrogen) atoms. The molecule has 0 heterocycles. The summed E-state index contributed by atoms with van der Waals surface area (Å²) >= 11 is 0. The van der Waals surface area contributed by atoms with Crippen LogP contribution >= 0.6 is 0 Å². The highest BCUT2D eigenvalue weighted by atomic mass is 19.1. The second-order valence-corrected chi connectivity index (χ2v) is 4.78. The Morgan fingerprint density at radius 3 is 2.52 bits per heavy atom. The molecule has 0 aromatic heterocycles. The Morgan fingerprint density at radius 2 is 1.67 bits per heavy atom. The summed E-state index contributed by atoms with van der Waals surface area (Å²) in [5.74, 6) is -0.609. The largest absolute Gasteiger partial charge is 0.289 e. The molecule has 0 fully saturated rings. The third-order valence-electron chi connectivity index (χ3n) is 3.35. The van der Waals surface area contributed by atoms with Crippen LogP contribution in [0.3, 0.4) is 0 Å². The quantitative estimate of drug-likeness (QED) is 0.492. The molecule has 3 rings (SSSR count). The topological polar surface area (TPSA) is 17.1 Å². The summed E-state index contributed by atoms with van der Waals surface area (Å²) in [6.45, 7) is 0. The van der Waals surface area contributed by atoms with Crippen molar-refractivity contribution in [3.05, 3.63) is 89.8 Å². The van der Waals surface area contributed by atoms with Gasteiger partial charge >= 0.3 is 0 Å². The zero-order valence-corrected chi connectivity index (χ0v) is 11.3. The minimum atomic E-state index is -0.403. The van der Waals surface area contributed by atoms with Gasteiger partial charge in [-0.05, 0) is 34.5 Å². The first-order chi connectivity index (χ1) is 10.2. The zero-order valence-electron chi connectivity index (χ0n) is 11.3. The molecule has 0 amide bonds. The fraction of sp³-hybridized carbons (Fsp3) is 0. The molecule has 2 heteroatoms. The Kier molecular flexibility index (Phi) is 3.61. The van der Waals surface area contributed by atoms with Crippen LogP contribution in [0.25, 0.3) is 16.8 Å². The Balaban J connectivity index is 1.93. The number of hydrogen-bond acceptors (Lipinski definition) is 1. The number of allylic oxidation sites excluding steroid dienone is 1. The lowest BCUT2D eigenvalue weighted by atomic mass is 10.0. The van der Waals surface area contributed by atoms with Gasteiger partial charge in [-0.2, -0.15) is 0 Å². The smallest absolute Gasteiger partial charge is 0.185 e. The van der Waals surface area contributed by atoms with Crippen LogP contribution in [0.2, 0.25) is 0 Å². The molecule has 0 saturated carbocycles. The van der Waals surface area contributed by atoms with Crippen LogP contribution in [0.1, 0.15) is 15.9 Å². The Labute approximate surface area is 122 Å². The second-order valence-electron chi connectivity index (χ2n) is 4.78. The van der Waals surface area contributed by atoms with Crippen molar-refractivity contribution >= 4 is 22.6 Å². The van der Waals surface area contributed by atoms with Gasteiger partial charge in [0.1, 0.15) is 5.82 Å². The van der Waals surface area contributed by atoms with E-state index < -0.39 is 5.82 Å². The van der Waals surface area contributed by atoms with Crippen molar-refractivity contribution in [3.63, 3.8) is 0 Å². The molecule has 0 atom stereocenters. The van der Waals surface area contributed by atoms with Crippen LogP contribution in [0.5, 0.6) is 0 Å². The van der Waals surface area contributed by atoms with E-state index >= 15 is 0 Å². The van der Waals surface area contributed by atoms with Gasteiger partial charge in [0.2, 0.25) is 0 Å². The number of benzene rings is 3. The summed E-state index contributed by atoms with van der Waals surface area (Å²) in [6, 6.07) is 19.6. The number of ketones is 1. The van der Waals surface area contributed by atoms with Crippen LogP contribution in [-0.4, -0.2) is 5.78 Å². The normalized spacial score (nSPS) is 11.1. The van der Waals surface area contributed by atoms with E-state index in [4.69, 9.17) is 0 Å². The minimum absolute atomic E-state index is 0.206. The molecule has 3 aromatic rings. The standard InChI is InChI=1S/C19H13FO/c20-17-9-4-8-16(13-17)19(21)12-11-15-7-3-6-14-5-1-2-10-18(14)15/h1-13H. The summed E-state index contributed by atoms with van der Waals surface area (Å²) in [5, 5.41) is 2.21. The fourth-order valence-electron chi connectivity index (χ4n) is 2.30. The first-order valence-corrected chi connectivity index (χ1v) is 6.70. The van der Waals surface area contributed by atoms with E-state index in [1.807, 2.05) is 42.5 Å². The van der Waals surface area contributed by atoms with Crippen molar-refractivity contribution in [2.24, 2.45) is 0 Å². The lowest BCUT2D eigenvalue weighted by Gasteiger charge is -2.01. The summed E-state index contributed by atoms with van der Waals surface area (Å²) < 4.78 is 13.1. The Bertz CT molecular complexity index is 828. The lowest BCUT2D eigenvalue weighted by Crippen LogP contribution is -1.94. The highest BCUT2D eigenvalue weighted by molar-refractivity contribution is 6.07. The molecule has 1 nitrogen and oxygen atoms in total. The van der Waals surface area contributed by atoms with E-state index in [1.54, 1.807) is 12.1 Å². The molecule has 0 bridgehead atoms. The van der Waals surface area contributed by atoms with Crippen LogP contribution in [0.15, 0.2) is 72.8 Å². The number of hydrogen-bond donors (Lipinski definition) is 0. The summed E-state index contributed by atoms with van der Waals surface area (Å²) in [7, 11) is 0. The van der Waals surface area contributed by atoms with Gasteiger partial charge in [-0.15, -0.1) is 0 Å². The highest BCUT2D eigenvalue weighted by Gasteiger charge is 2.03. The average molecular weight is 276 g/mol. The molecule has 102 valence electrons. The van der Waals surface area contributed by atoms with E-state index in [-0.39, 0.29) is 5.78 Å². The molecule has 0 aliphatic heterocycles. The van der Waals surface area contributed by atoms with Gasteiger partial charge in [-0.1, -0.05) is 60.7 Å². The Morgan fingerprint density at radius 1 is 0.905 bits per heavy atom. The van der Waals surface area contributed by atoms with Crippen molar-refractivity contribution in [2.75, 3.05) is 0 Å². The monoisotopic (exact) mass is 276 g/mol.